The highest BCUT2D eigenvalue weighted by atomic mass is 16.5. The van der Waals surface area contributed by atoms with Crippen LogP contribution in [0, 0.1) is 5.92 Å². The van der Waals surface area contributed by atoms with E-state index in [0.29, 0.717) is 12.3 Å². The van der Waals surface area contributed by atoms with Crippen molar-refractivity contribution >= 4 is 28.0 Å². The van der Waals surface area contributed by atoms with Gasteiger partial charge in [0.15, 0.2) is 11.4 Å². The van der Waals surface area contributed by atoms with Crippen LogP contribution < -0.4 is 4.90 Å². The van der Waals surface area contributed by atoms with E-state index in [4.69, 9.17) is 14.1 Å². The predicted molar refractivity (Wildman–Crippen MR) is 100 cm³/mol. The molecule has 3 aromatic heterocycles. The van der Waals surface area contributed by atoms with Gasteiger partial charge in [-0.15, -0.1) is 0 Å². The van der Waals surface area contributed by atoms with Crippen molar-refractivity contribution < 1.29 is 9.15 Å². The minimum Gasteiger partial charge on any atom is -0.432 e. The van der Waals surface area contributed by atoms with Gasteiger partial charge in [-0.25, -0.2) is 15.0 Å². The van der Waals surface area contributed by atoms with Crippen LogP contribution in [0.2, 0.25) is 0 Å². The molecular formula is C20H24N4O2. The van der Waals surface area contributed by atoms with Crippen molar-refractivity contribution in [1.82, 2.24) is 15.0 Å². The lowest BCUT2D eigenvalue weighted by molar-refractivity contribution is -0.0411. The summed E-state index contributed by atoms with van der Waals surface area (Å²) < 4.78 is 12.1. The van der Waals surface area contributed by atoms with Gasteiger partial charge in [0.05, 0.1) is 23.3 Å². The number of hydrogen-bond acceptors (Lipinski definition) is 6. The molecule has 0 aliphatic carbocycles. The fraction of sp³-hybridized carbons (Fsp3) is 0.550. The molecule has 6 heteroatoms. The monoisotopic (exact) mass is 352 g/mol. The van der Waals surface area contributed by atoms with E-state index in [9.17, 15) is 0 Å². The summed E-state index contributed by atoms with van der Waals surface area (Å²) in [6.07, 6.45) is 4.80. The highest BCUT2D eigenvalue weighted by Gasteiger charge is 2.29. The summed E-state index contributed by atoms with van der Waals surface area (Å²) in [5.41, 5.74) is 4.27. The number of nitrogens with zero attached hydrogens (tertiary/aromatic N) is 4. The van der Waals surface area contributed by atoms with Gasteiger partial charge < -0.3 is 14.1 Å². The number of rotatable bonds is 1. The average Bonchev–Trinajstić information content (AvgIpc) is 2.97. The molecule has 0 saturated carbocycles. The third kappa shape index (κ3) is 2.55. The minimum atomic E-state index is -0.185. The topological polar surface area (TPSA) is 64.3 Å². The number of aromatic nitrogens is 3. The van der Waals surface area contributed by atoms with Gasteiger partial charge in [-0.2, -0.15) is 0 Å². The molecule has 2 aliphatic heterocycles. The van der Waals surface area contributed by atoms with Crippen LogP contribution in [0.1, 0.15) is 44.9 Å². The van der Waals surface area contributed by atoms with Crippen LogP contribution in [-0.2, 0) is 17.8 Å². The number of pyridine rings is 1. The number of hydrogen-bond donors (Lipinski definition) is 0. The first-order valence-electron chi connectivity index (χ1n) is 9.45. The van der Waals surface area contributed by atoms with E-state index >= 15 is 0 Å². The van der Waals surface area contributed by atoms with Crippen molar-refractivity contribution in [3.05, 3.63) is 23.7 Å². The normalized spacial score (nSPS) is 20.7. The Balaban J connectivity index is 1.64. The summed E-state index contributed by atoms with van der Waals surface area (Å²) in [4.78, 5) is 16.2. The standard InChI is InChI=1S/C20H24N4O2/c1-12-4-6-24(7-5-12)18-17-16(21-11-22-18)14-8-13-10-25-20(2,3)9-15(13)23-19(14)26-17/h8,11-12H,4-7,9-10H2,1-3H3. The Morgan fingerprint density at radius 2 is 2.00 bits per heavy atom. The number of anilines is 1. The fourth-order valence-corrected chi connectivity index (χ4v) is 4.02. The number of ether oxygens (including phenoxy) is 1. The minimum absolute atomic E-state index is 0.185. The first kappa shape index (κ1) is 16.0. The molecule has 136 valence electrons. The van der Waals surface area contributed by atoms with E-state index in [1.54, 1.807) is 6.33 Å². The first-order valence-corrected chi connectivity index (χ1v) is 9.45. The third-order valence-corrected chi connectivity index (χ3v) is 5.69. The molecule has 0 aromatic carbocycles. The van der Waals surface area contributed by atoms with Crippen LogP contribution in [0.25, 0.3) is 22.2 Å². The summed E-state index contributed by atoms with van der Waals surface area (Å²) >= 11 is 0. The molecule has 0 atom stereocenters. The van der Waals surface area contributed by atoms with Crippen LogP contribution >= 0.6 is 0 Å². The smallest absolute Gasteiger partial charge is 0.229 e. The van der Waals surface area contributed by atoms with Gasteiger partial charge in [0, 0.05) is 25.1 Å². The molecule has 0 radical (unpaired) electrons. The molecule has 5 rings (SSSR count). The van der Waals surface area contributed by atoms with Gasteiger partial charge in [0.2, 0.25) is 5.71 Å². The van der Waals surface area contributed by atoms with Gasteiger partial charge in [0.25, 0.3) is 0 Å². The number of furan rings is 1. The Bertz CT molecular complexity index is 986. The Hall–Kier alpha value is -2.21. The van der Waals surface area contributed by atoms with Crippen molar-refractivity contribution in [2.24, 2.45) is 5.92 Å². The van der Waals surface area contributed by atoms with Crippen LogP contribution in [0.5, 0.6) is 0 Å². The molecule has 0 unspecified atom stereocenters. The van der Waals surface area contributed by atoms with Crippen molar-refractivity contribution in [2.75, 3.05) is 18.0 Å². The maximum atomic E-state index is 6.18. The van der Waals surface area contributed by atoms with Crippen molar-refractivity contribution in [3.8, 4) is 0 Å². The SMILES string of the molecule is CC1CCN(c2ncnc3c2oc2nc4c(cc23)COC(C)(C)C4)CC1. The average molecular weight is 352 g/mol. The van der Waals surface area contributed by atoms with Crippen molar-refractivity contribution in [1.29, 1.82) is 0 Å². The van der Waals surface area contributed by atoms with Gasteiger partial charge in [-0.3, -0.25) is 0 Å². The zero-order valence-electron chi connectivity index (χ0n) is 15.6. The number of fused-ring (bicyclic) bond motifs is 4. The lowest BCUT2D eigenvalue weighted by Gasteiger charge is -2.30. The zero-order chi connectivity index (χ0) is 17.9. The third-order valence-electron chi connectivity index (χ3n) is 5.69. The molecule has 6 nitrogen and oxygen atoms in total. The Labute approximate surface area is 152 Å². The lowest BCUT2D eigenvalue weighted by atomic mass is 9.95. The van der Waals surface area contributed by atoms with E-state index in [-0.39, 0.29) is 5.60 Å². The van der Waals surface area contributed by atoms with Crippen LogP contribution in [-0.4, -0.2) is 33.6 Å². The second-order valence-electron chi connectivity index (χ2n) is 8.32. The van der Waals surface area contributed by atoms with E-state index in [1.165, 1.54) is 12.8 Å². The Morgan fingerprint density at radius 3 is 2.81 bits per heavy atom. The Kier molecular flexibility index (Phi) is 3.47. The predicted octanol–water partition coefficient (Wildman–Crippen LogP) is 3.86. The second-order valence-corrected chi connectivity index (χ2v) is 8.32. The molecule has 0 bridgehead atoms. The quantitative estimate of drug-likeness (QED) is 0.663. The maximum Gasteiger partial charge on any atom is 0.229 e. The molecule has 3 aromatic rings. The summed E-state index contributed by atoms with van der Waals surface area (Å²) in [5.74, 6) is 1.67. The highest BCUT2D eigenvalue weighted by molar-refractivity contribution is 6.04. The van der Waals surface area contributed by atoms with Gasteiger partial charge >= 0.3 is 0 Å². The van der Waals surface area contributed by atoms with Gasteiger partial charge in [-0.1, -0.05) is 6.92 Å². The summed E-state index contributed by atoms with van der Waals surface area (Å²) in [6, 6.07) is 2.13. The summed E-state index contributed by atoms with van der Waals surface area (Å²) in [7, 11) is 0. The van der Waals surface area contributed by atoms with E-state index in [1.807, 2.05) is 0 Å². The highest BCUT2D eigenvalue weighted by Crippen LogP contribution is 2.36. The molecule has 1 fully saturated rings. The van der Waals surface area contributed by atoms with E-state index < -0.39 is 0 Å². The molecule has 0 amide bonds. The van der Waals surface area contributed by atoms with E-state index in [0.717, 1.165) is 59.0 Å². The van der Waals surface area contributed by atoms with Crippen LogP contribution in [0.4, 0.5) is 5.82 Å². The lowest BCUT2D eigenvalue weighted by Crippen LogP contribution is -2.33. The summed E-state index contributed by atoms with van der Waals surface area (Å²) in [6.45, 7) is 9.11. The first-order chi connectivity index (χ1) is 12.5. The molecular weight excluding hydrogens is 328 g/mol. The largest absolute Gasteiger partial charge is 0.432 e. The molecule has 0 spiro atoms. The van der Waals surface area contributed by atoms with Gasteiger partial charge in [-0.05, 0) is 38.7 Å². The molecule has 26 heavy (non-hydrogen) atoms. The molecule has 2 aliphatic rings. The molecule has 1 saturated heterocycles. The molecule has 5 heterocycles. The van der Waals surface area contributed by atoms with Crippen molar-refractivity contribution in [2.45, 2.75) is 52.2 Å². The Morgan fingerprint density at radius 1 is 1.19 bits per heavy atom. The second kappa shape index (κ2) is 5.64. The molecule has 0 N–H and O–H groups in total. The zero-order valence-corrected chi connectivity index (χ0v) is 15.6. The fourth-order valence-electron chi connectivity index (χ4n) is 4.02. The maximum absolute atomic E-state index is 6.18. The number of piperidine rings is 1. The van der Waals surface area contributed by atoms with Crippen LogP contribution in [0.3, 0.4) is 0 Å². The summed E-state index contributed by atoms with van der Waals surface area (Å²) in [5, 5.41) is 0.955. The van der Waals surface area contributed by atoms with E-state index in [2.05, 4.69) is 41.7 Å². The van der Waals surface area contributed by atoms with Gasteiger partial charge in [0.1, 0.15) is 11.8 Å². The van der Waals surface area contributed by atoms with Crippen LogP contribution in [0.15, 0.2) is 16.8 Å². The van der Waals surface area contributed by atoms with Crippen molar-refractivity contribution in [3.63, 3.8) is 0 Å².